The van der Waals surface area contributed by atoms with Gasteiger partial charge >= 0.3 is 6.03 Å². The van der Waals surface area contributed by atoms with E-state index in [9.17, 15) is 9.59 Å². The van der Waals surface area contributed by atoms with Crippen LogP contribution in [0.3, 0.4) is 0 Å². The lowest BCUT2D eigenvalue weighted by Crippen LogP contribution is -2.64. The molecule has 2 aliphatic carbocycles. The van der Waals surface area contributed by atoms with E-state index < -0.39 is 13.6 Å². The van der Waals surface area contributed by atoms with Crippen molar-refractivity contribution in [1.29, 1.82) is 0 Å². The molecule has 1 aromatic rings. The molecule has 1 aliphatic heterocycles. The molecule has 1 saturated heterocycles. The molecule has 1 aromatic heterocycles. The van der Waals surface area contributed by atoms with E-state index in [0.717, 1.165) is 56.7 Å². The quantitative estimate of drug-likeness (QED) is 0.394. The number of nitrogens with two attached hydrogens (primary N) is 1. The van der Waals surface area contributed by atoms with E-state index in [4.69, 9.17) is 10.5 Å². The zero-order chi connectivity index (χ0) is 22.4. The summed E-state index contributed by atoms with van der Waals surface area (Å²) >= 11 is 0. The van der Waals surface area contributed by atoms with Gasteiger partial charge in [-0.3, -0.25) is 9.69 Å². The molecule has 2 saturated carbocycles. The first-order valence-electron chi connectivity index (χ1n) is 11.5. The molecule has 172 valence electrons. The molecule has 9 heteroatoms. The Morgan fingerprint density at radius 3 is 2.55 bits per heavy atom. The van der Waals surface area contributed by atoms with Gasteiger partial charge in [0, 0.05) is 39.5 Å². The Morgan fingerprint density at radius 1 is 1.23 bits per heavy atom. The summed E-state index contributed by atoms with van der Waals surface area (Å²) in [5.74, 6) is -0.0555. The van der Waals surface area contributed by atoms with Crippen LogP contribution >= 0.6 is 0 Å². The van der Waals surface area contributed by atoms with Crippen molar-refractivity contribution >= 4 is 20.0 Å². The summed E-state index contributed by atoms with van der Waals surface area (Å²) in [5.41, 5.74) is 6.50. The van der Waals surface area contributed by atoms with Gasteiger partial charge in [0.2, 0.25) is 0 Å². The van der Waals surface area contributed by atoms with Gasteiger partial charge in [-0.25, -0.2) is 9.48 Å². The number of rotatable bonds is 7. The molecule has 0 atom stereocenters. The highest BCUT2D eigenvalue weighted by molar-refractivity contribution is 6.76. The van der Waals surface area contributed by atoms with Crippen LogP contribution in [0.25, 0.3) is 0 Å². The normalized spacial score (nSPS) is 31.2. The molecule has 0 unspecified atom stereocenters. The first-order chi connectivity index (χ1) is 14.5. The second-order valence-electron chi connectivity index (χ2n) is 11.2. The number of hydrogen-bond donors (Lipinski definition) is 1. The number of carbonyl (C=O) groups excluding carboxylic acids is 2. The summed E-state index contributed by atoms with van der Waals surface area (Å²) in [5, 5.41) is 4.39. The smallest absolute Gasteiger partial charge is 0.327 e. The Kier molecular flexibility index (Phi) is 5.81. The minimum atomic E-state index is -1.11. The fraction of sp³-hybridized carbons (Fsp3) is 0.773. The third-order valence-electron chi connectivity index (χ3n) is 7.41. The molecular weight excluding hydrogens is 410 g/mol. The number of ether oxygens (including phenoxy) is 1. The predicted molar refractivity (Wildman–Crippen MR) is 121 cm³/mol. The molecule has 2 N–H and O–H groups in total. The van der Waals surface area contributed by atoms with Crippen molar-refractivity contribution in [1.82, 2.24) is 19.6 Å². The Labute approximate surface area is 186 Å². The third-order valence-corrected chi connectivity index (χ3v) is 9.11. The summed E-state index contributed by atoms with van der Waals surface area (Å²) in [6, 6.07) is 1.19. The summed E-state index contributed by atoms with van der Waals surface area (Å²) in [7, 11) is 0.488. The average molecular weight is 448 g/mol. The van der Waals surface area contributed by atoms with Crippen LogP contribution in [-0.2, 0) is 22.8 Å². The second-order valence-corrected chi connectivity index (χ2v) is 16.8. The molecule has 0 radical (unpaired) electrons. The van der Waals surface area contributed by atoms with Crippen LogP contribution in [-0.4, -0.2) is 64.8 Å². The van der Waals surface area contributed by atoms with Crippen LogP contribution in [0.5, 0.6) is 0 Å². The molecule has 8 nitrogen and oxygen atoms in total. The fourth-order valence-corrected chi connectivity index (χ4v) is 6.27. The van der Waals surface area contributed by atoms with Gasteiger partial charge in [0.05, 0.1) is 12.7 Å². The lowest BCUT2D eigenvalue weighted by Gasteiger charge is -2.58. The van der Waals surface area contributed by atoms with Crippen LogP contribution in [0, 0.1) is 5.41 Å². The topological polar surface area (TPSA) is 93.7 Å². The van der Waals surface area contributed by atoms with E-state index in [1.807, 2.05) is 6.20 Å². The van der Waals surface area contributed by atoms with E-state index in [2.05, 4.69) is 24.7 Å². The van der Waals surface area contributed by atoms with Gasteiger partial charge in [-0.1, -0.05) is 19.6 Å². The number of carbonyl (C=O) groups is 2. The van der Waals surface area contributed by atoms with E-state index >= 15 is 0 Å². The van der Waals surface area contributed by atoms with Gasteiger partial charge in [-0.2, -0.15) is 5.10 Å². The Morgan fingerprint density at radius 2 is 1.90 bits per heavy atom. The molecule has 2 heterocycles. The fourth-order valence-electron chi connectivity index (χ4n) is 5.51. The summed E-state index contributed by atoms with van der Waals surface area (Å²) in [6.45, 7) is 8.54. The molecule has 3 fully saturated rings. The summed E-state index contributed by atoms with van der Waals surface area (Å²) in [4.78, 5) is 29.1. The zero-order valence-corrected chi connectivity index (χ0v) is 20.4. The lowest BCUT2D eigenvalue weighted by molar-refractivity contribution is -0.149. The van der Waals surface area contributed by atoms with Crippen molar-refractivity contribution in [2.24, 2.45) is 11.1 Å². The maximum atomic E-state index is 13.1. The van der Waals surface area contributed by atoms with Crippen LogP contribution in [0.15, 0.2) is 12.4 Å². The maximum Gasteiger partial charge on any atom is 0.327 e. The largest absolute Gasteiger partial charge is 0.360 e. The van der Waals surface area contributed by atoms with Crippen LogP contribution < -0.4 is 5.73 Å². The minimum Gasteiger partial charge on any atom is -0.360 e. The van der Waals surface area contributed by atoms with Gasteiger partial charge in [-0.05, 0) is 50.0 Å². The number of likely N-dealkylation sites (N-methyl/N-ethyl adjacent to an activating group) is 1. The SMILES string of the molecule is CN1C(=O)N(Cc2cnn(COCC[Si](C)(C)C)c2)C2(CC3(CCC(N)CC3)C2)C1=O. The number of nitrogens with zero attached hydrogens (tertiary/aromatic N) is 4. The van der Waals surface area contributed by atoms with Crippen LogP contribution in [0.2, 0.25) is 25.7 Å². The van der Waals surface area contributed by atoms with E-state index in [0.29, 0.717) is 13.3 Å². The highest BCUT2D eigenvalue weighted by Gasteiger charge is 2.67. The molecule has 3 aliphatic rings. The molecule has 3 amide bonds. The number of amides is 3. The van der Waals surface area contributed by atoms with Gasteiger partial charge in [0.15, 0.2) is 0 Å². The molecule has 31 heavy (non-hydrogen) atoms. The highest BCUT2D eigenvalue weighted by Crippen LogP contribution is 2.61. The van der Waals surface area contributed by atoms with Gasteiger partial charge in [0.1, 0.15) is 12.3 Å². The van der Waals surface area contributed by atoms with Crippen molar-refractivity contribution in [2.75, 3.05) is 13.7 Å². The number of aromatic nitrogens is 2. The Hall–Kier alpha value is -1.71. The van der Waals surface area contributed by atoms with Crippen molar-refractivity contribution in [3.05, 3.63) is 18.0 Å². The van der Waals surface area contributed by atoms with E-state index in [-0.39, 0.29) is 23.4 Å². The molecular formula is C22H37N5O3Si. The highest BCUT2D eigenvalue weighted by atomic mass is 28.3. The third kappa shape index (κ3) is 4.32. The van der Waals surface area contributed by atoms with Gasteiger partial charge < -0.3 is 15.4 Å². The second kappa shape index (κ2) is 8.01. The van der Waals surface area contributed by atoms with Crippen molar-refractivity contribution < 1.29 is 14.3 Å². The van der Waals surface area contributed by atoms with E-state index in [1.54, 1.807) is 22.8 Å². The van der Waals surface area contributed by atoms with Crippen molar-refractivity contribution in [3.8, 4) is 0 Å². The number of urea groups is 1. The van der Waals surface area contributed by atoms with Crippen molar-refractivity contribution in [2.45, 2.75) is 89.1 Å². The lowest BCUT2D eigenvalue weighted by atomic mass is 9.51. The maximum absolute atomic E-state index is 13.1. The van der Waals surface area contributed by atoms with Gasteiger partial charge in [-0.15, -0.1) is 0 Å². The first-order valence-corrected chi connectivity index (χ1v) is 15.2. The molecule has 2 spiro atoms. The monoisotopic (exact) mass is 447 g/mol. The first kappa shape index (κ1) is 22.5. The molecule has 4 rings (SSSR count). The summed E-state index contributed by atoms with van der Waals surface area (Å²) in [6.07, 6.45) is 9.36. The van der Waals surface area contributed by atoms with E-state index in [1.165, 1.54) is 4.90 Å². The standard InChI is InChI=1S/C22H37N5O3Si/c1-25-19(28)22(14-21(15-22)7-5-18(23)6-8-21)27(20(25)29)13-17-11-24-26(12-17)16-30-9-10-31(2,3)4/h11-12,18H,5-10,13-16,23H2,1-4H3. The predicted octanol–water partition coefficient (Wildman–Crippen LogP) is 3.01. The molecule has 0 aromatic carbocycles. The Balaban J connectivity index is 1.40. The minimum absolute atomic E-state index is 0.0555. The Bertz CT molecular complexity index is 832. The van der Waals surface area contributed by atoms with Crippen molar-refractivity contribution in [3.63, 3.8) is 0 Å². The summed E-state index contributed by atoms with van der Waals surface area (Å²) < 4.78 is 7.54. The zero-order valence-electron chi connectivity index (χ0n) is 19.4. The number of hydrogen-bond acceptors (Lipinski definition) is 5. The van der Waals surface area contributed by atoms with Crippen LogP contribution in [0.1, 0.15) is 44.1 Å². The number of imide groups is 1. The molecule has 0 bridgehead atoms. The van der Waals surface area contributed by atoms with Gasteiger partial charge in [0.25, 0.3) is 5.91 Å². The van der Waals surface area contributed by atoms with Crippen LogP contribution in [0.4, 0.5) is 4.79 Å². The average Bonchev–Trinajstić information content (AvgIpc) is 3.20.